The molecule has 0 radical (unpaired) electrons. The van der Waals surface area contributed by atoms with Gasteiger partial charge in [-0.1, -0.05) is 42.0 Å². The zero-order chi connectivity index (χ0) is 14.7. The fourth-order valence-corrected chi connectivity index (χ4v) is 3.26. The molecule has 0 N–H and O–H groups in total. The molecule has 1 fully saturated rings. The van der Waals surface area contributed by atoms with E-state index in [1.165, 1.54) is 36.1 Å². The minimum atomic E-state index is 0.538. The summed E-state index contributed by atoms with van der Waals surface area (Å²) >= 11 is 0. The van der Waals surface area contributed by atoms with Gasteiger partial charge in [0.25, 0.3) is 0 Å². The zero-order valence-electron chi connectivity index (χ0n) is 12.9. The van der Waals surface area contributed by atoms with Crippen LogP contribution in [0.4, 0.5) is 0 Å². The van der Waals surface area contributed by atoms with Gasteiger partial charge in [-0.15, -0.1) is 0 Å². The van der Waals surface area contributed by atoms with E-state index in [4.69, 9.17) is 4.74 Å². The topological polar surface area (TPSA) is 12.5 Å². The second-order valence-corrected chi connectivity index (χ2v) is 5.89. The first-order valence-electron chi connectivity index (χ1n) is 7.70. The fraction of sp³-hybridized carbons (Fsp3) is 0.368. The van der Waals surface area contributed by atoms with Crippen LogP contribution in [0.3, 0.4) is 0 Å². The molecule has 110 valence electrons. The highest BCUT2D eigenvalue weighted by Gasteiger charge is 2.25. The highest BCUT2D eigenvalue weighted by atomic mass is 16.5. The molecule has 2 aromatic rings. The molecular weight excluding hydrogens is 258 g/mol. The average molecular weight is 281 g/mol. The van der Waals surface area contributed by atoms with E-state index in [9.17, 15) is 0 Å². The molecule has 2 heteroatoms. The summed E-state index contributed by atoms with van der Waals surface area (Å²) in [5.74, 6) is 0.932. The Morgan fingerprint density at radius 1 is 1.14 bits per heavy atom. The molecule has 0 spiro atoms. The van der Waals surface area contributed by atoms with Crippen molar-refractivity contribution in [2.24, 2.45) is 0 Å². The summed E-state index contributed by atoms with van der Waals surface area (Å²) in [4.78, 5) is 2.59. The molecule has 1 aliphatic heterocycles. The third kappa shape index (κ3) is 3.27. The van der Waals surface area contributed by atoms with Gasteiger partial charge in [0.15, 0.2) is 0 Å². The lowest BCUT2D eigenvalue weighted by molar-refractivity contribution is 0.248. The van der Waals surface area contributed by atoms with E-state index in [-0.39, 0.29) is 0 Å². The quantitative estimate of drug-likeness (QED) is 0.826. The van der Waals surface area contributed by atoms with Gasteiger partial charge in [-0.25, -0.2) is 0 Å². The molecule has 0 amide bonds. The Balaban J connectivity index is 1.75. The second-order valence-electron chi connectivity index (χ2n) is 5.89. The summed E-state index contributed by atoms with van der Waals surface area (Å²) in [6.45, 7) is 4.39. The van der Waals surface area contributed by atoms with E-state index in [1.807, 2.05) is 0 Å². The van der Waals surface area contributed by atoms with Crippen molar-refractivity contribution in [3.05, 3.63) is 65.2 Å². The molecule has 1 saturated heterocycles. The van der Waals surface area contributed by atoms with E-state index < -0.39 is 0 Å². The van der Waals surface area contributed by atoms with E-state index in [1.54, 1.807) is 7.11 Å². The summed E-state index contributed by atoms with van der Waals surface area (Å²) in [6.07, 6.45) is 2.53. The van der Waals surface area contributed by atoms with Crippen molar-refractivity contribution >= 4 is 0 Å². The highest BCUT2D eigenvalue weighted by molar-refractivity contribution is 5.30. The van der Waals surface area contributed by atoms with Crippen molar-refractivity contribution in [1.29, 1.82) is 0 Å². The van der Waals surface area contributed by atoms with Crippen LogP contribution in [-0.4, -0.2) is 18.6 Å². The Kier molecular flexibility index (Phi) is 4.26. The van der Waals surface area contributed by atoms with Gasteiger partial charge in [0.05, 0.1) is 7.11 Å². The molecule has 1 unspecified atom stereocenters. The normalized spacial score (nSPS) is 18.9. The lowest BCUT2D eigenvalue weighted by atomic mass is 10.0. The molecule has 1 heterocycles. The Hall–Kier alpha value is -1.80. The monoisotopic (exact) mass is 281 g/mol. The lowest BCUT2D eigenvalue weighted by Gasteiger charge is -2.25. The molecule has 0 bridgehead atoms. The fourth-order valence-electron chi connectivity index (χ4n) is 3.26. The van der Waals surface area contributed by atoms with Gasteiger partial charge in [-0.05, 0) is 49.6 Å². The van der Waals surface area contributed by atoms with Crippen molar-refractivity contribution in [2.45, 2.75) is 32.4 Å². The van der Waals surface area contributed by atoms with Gasteiger partial charge in [0.2, 0.25) is 0 Å². The smallest absolute Gasteiger partial charge is 0.118 e. The van der Waals surface area contributed by atoms with Gasteiger partial charge in [-0.2, -0.15) is 0 Å². The van der Waals surface area contributed by atoms with Crippen LogP contribution in [0.2, 0.25) is 0 Å². The van der Waals surface area contributed by atoms with Crippen molar-refractivity contribution < 1.29 is 4.74 Å². The standard InChI is InChI=1S/C19H23NO/c1-15-5-3-6-16(13-15)14-20-12-4-7-19(20)17-8-10-18(21-2)11-9-17/h3,5-6,8-11,13,19H,4,7,12,14H2,1-2H3. The molecule has 0 aliphatic carbocycles. The van der Waals surface area contributed by atoms with Crippen LogP contribution in [0.1, 0.15) is 35.6 Å². The van der Waals surface area contributed by atoms with E-state index in [0.717, 1.165) is 12.3 Å². The maximum atomic E-state index is 5.25. The molecule has 1 aliphatic rings. The number of hydrogen-bond donors (Lipinski definition) is 0. The van der Waals surface area contributed by atoms with Gasteiger partial charge >= 0.3 is 0 Å². The zero-order valence-corrected chi connectivity index (χ0v) is 12.9. The summed E-state index contributed by atoms with van der Waals surface area (Å²) in [5, 5.41) is 0. The summed E-state index contributed by atoms with van der Waals surface area (Å²) in [5.41, 5.74) is 4.16. The Labute approximate surface area is 127 Å². The van der Waals surface area contributed by atoms with E-state index >= 15 is 0 Å². The van der Waals surface area contributed by atoms with Gasteiger partial charge < -0.3 is 4.74 Å². The largest absolute Gasteiger partial charge is 0.497 e. The number of likely N-dealkylation sites (tertiary alicyclic amines) is 1. The van der Waals surface area contributed by atoms with Crippen LogP contribution in [-0.2, 0) is 6.54 Å². The molecule has 0 aromatic heterocycles. The summed E-state index contributed by atoms with van der Waals surface area (Å²) in [7, 11) is 1.72. The van der Waals surface area contributed by atoms with E-state index in [2.05, 4.69) is 60.4 Å². The average Bonchev–Trinajstić information content (AvgIpc) is 2.95. The number of nitrogens with zero attached hydrogens (tertiary/aromatic N) is 1. The first kappa shape index (κ1) is 14.2. The number of aryl methyl sites for hydroxylation is 1. The number of rotatable bonds is 4. The third-order valence-corrected chi connectivity index (χ3v) is 4.33. The predicted molar refractivity (Wildman–Crippen MR) is 86.6 cm³/mol. The Bertz CT molecular complexity index is 591. The number of methoxy groups -OCH3 is 1. The second kappa shape index (κ2) is 6.31. The number of benzene rings is 2. The van der Waals surface area contributed by atoms with Crippen LogP contribution in [0.25, 0.3) is 0 Å². The highest BCUT2D eigenvalue weighted by Crippen LogP contribution is 2.33. The van der Waals surface area contributed by atoms with Crippen LogP contribution >= 0.6 is 0 Å². The maximum absolute atomic E-state index is 5.25. The third-order valence-electron chi connectivity index (χ3n) is 4.33. The van der Waals surface area contributed by atoms with Gasteiger partial charge in [-0.3, -0.25) is 4.90 Å². The molecule has 0 saturated carbocycles. The Morgan fingerprint density at radius 3 is 2.67 bits per heavy atom. The lowest BCUT2D eigenvalue weighted by Crippen LogP contribution is -2.22. The minimum Gasteiger partial charge on any atom is -0.497 e. The van der Waals surface area contributed by atoms with Crippen molar-refractivity contribution in [2.75, 3.05) is 13.7 Å². The van der Waals surface area contributed by atoms with Crippen LogP contribution in [0.15, 0.2) is 48.5 Å². The molecule has 3 rings (SSSR count). The maximum Gasteiger partial charge on any atom is 0.118 e. The molecule has 21 heavy (non-hydrogen) atoms. The predicted octanol–water partition coefficient (Wildman–Crippen LogP) is 4.34. The molecule has 2 nitrogen and oxygen atoms in total. The van der Waals surface area contributed by atoms with Crippen molar-refractivity contribution in [1.82, 2.24) is 4.90 Å². The summed E-state index contributed by atoms with van der Waals surface area (Å²) < 4.78 is 5.25. The first-order chi connectivity index (χ1) is 10.3. The van der Waals surface area contributed by atoms with Gasteiger partial charge in [0.1, 0.15) is 5.75 Å². The minimum absolute atomic E-state index is 0.538. The van der Waals surface area contributed by atoms with Crippen LogP contribution in [0, 0.1) is 6.92 Å². The SMILES string of the molecule is COc1ccc(C2CCCN2Cc2cccc(C)c2)cc1. The molecular formula is C19H23NO. The first-order valence-corrected chi connectivity index (χ1v) is 7.70. The van der Waals surface area contributed by atoms with Gasteiger partial charge in [0, 0.05) is 12.6 Å². The van der Waals surface area contributed by atoms with Crippen LogP contribution in [0.5, 0.6) is 5.75 Å². The van der Waals surface area contributed by atoms with Crippen molar-refractivity contribution in [3.8, 4) is 5.75 Å². The van der Waals surface area contributed by atoms with Crippen molar-refractivity contribution in [3.63, 3.8) is 0 Å². The van der Waals surface area contributed by atoms with E-state index in [0.29, 0.717) is 6.04 Å². The molecule has 2 aromatic carbocycles. The summed E-state index contributed by atoms with van der Waals surface area (Å²) in [6, 6.07) is 17.9. The number of ether oxygens (including phenoxy) is 1. The Morgan fingerprint density at radius 2 is 1.95 bits per heavy atom. The van der Waals surface area contributed by atoms with Crippen LogP contribution < -0.4 is 4.74 Å². The number of hydrogen-bond acceptors (Lipinski definition) is 2. The molecule has 1 atom stereocenters.